The number of benzene rings is 1. The molecule has 0 bridgehead atoms. The van der Waals surface area contributed by atoms with Gasteiger partial charge >= 0.3 is 0 Å². The Kier molecular flexibility index (Phi) is 5.02. The quantitative estimate of drug-likeness (QED) is 0.731. The van der Waals surface area contributed by atoms with E-state index in [0.717, 1.165) is 0 Å². The monoisotopic (exact) mass is 353 g/mol. The SMILES string of the molecule is Cc1cc(C(=O)NCc2cccnc2Oc2ccccc2F)nc(N)n1. The second-order valence-corrected chi connectivity index (χ2v) is 5.44. The van der Waals surface area contributed by atoms with Crippen LogP contribution in [-0.2, 0) is 6.54 Å². The van der Waals surface area contributed by atoms with Crippen LogP contribution < -0.4 is 15.8 Å². The highest BCUT2D eigenvalue weighted by atomic mass is 19.1. The number of ether oxygens (including phenoxy) is 1. The first-order valence-corrected chi connectivity index (χ1v) is 7.78. The zero-order valence-corrected chi connectivity index (χ0v) is 13.9. The van der Waals surface area contributed by atoms with Crippen LogP contribution in [0.3, 0.4) is 0 Å². The van der Waals surface area contributed by atoms with Crippen molar-refractivity contribution in [1.82, 2.24) is 20.3 Å². The summed E-state index contributed by atoms with van der Waals surface area (Å²) in [4.78, 5) is 24.2. The first kappa shape index (κ1) is 17.3. The fourth-order valence-corrected chi connectivity index (χ4v) is 2.26. The number of rotatable bonds is 5. The van der Waals surface area contributed by atoms with E-state index in [9.17, 15) is 9.18 Å². The van der Waals surface area contributed by atoms with Crippen molar-refractivity contribution in [3.05, 3.63) is 71.4 Å². The number of nitrogens with zero attached hydrogens (tertiary/aromatic N) is 3. The number of pyridine rings is 1. The van der Waals surface area contributed by atoms with Crippen LogP contribution in [0.1, 0.15) is 21.7 Å². The molecule has 3 rings (SSSR count). The van der Waals surface area contributed by atoms with Crippen LogP contribution in [0, 0.1) is 12.7 Å². The fourth-order valence-electron chi connectivity index (χ4n) is 2.26. The van der Waals surface area contributed by atoms with Gasteiger partial charge in [0, 0.05) is 24.0 Å². The largest absolute Gasteiger partial charge is 0.436 e. The number of aryl methyl sites for hydroxylation is 1. The molecule has 0 saturated carbocycles. The topological polar surface area (TPSA) is 103 Å². The van der Waals surface area contributed by atoms with Crippen molar-refractivity contribution >= 4 is 11.9 Å². The van der Waals surface area contributed by atoms with Crippen LogP contribution in [-0.4, -0.2) is 20.9 Å². The third kappa shape index (κ3) is 4.10. The molecule has 0 fully saturated rings. The van der Waals surface area contributed by atoms with Crippen molar-refractivity contribution in [1.29, 1.82) is 0 Å². The van der Waals surface area contributed by atoms with E-state index in [4.69, 9.17) is 10.5 Å². The second-order valence-electron chi connectivity index (χ2n) is 5.44. The molecule has 0 unspecified atom stereocenters. The lowest BCUT2D eigenvalue weighted by atomic mass is 10.2. The Bertz CT molecular complexity index is 928. The number of carbonyl (C=O) groups excluding carboxylic acids is 1. The standard InChI is InChI=1S/C18H16FN5O2/c1-11-9-14(24-18(20)23-11)16(25)22-10-12-5-4-8-21-17(12)26-15-7-3-2-6-13(15)19/h2-9H,10H2,1H3,(H,22,25)(H2,20,23,24). The van der Waals surface area contributed by atoms with Crippen LogP contribution >= 0.6 is 0 Å². The summed E-state index contributed by atoms with van der Waals surface area (Å²) in [6.07, 6.45) is 1.52. The lowest BCUT2D eigenvalue weighted by molar-refractivity contribution is 0.0945. The molecule has 0 spiro atoms. The summed E-state index contributed by atoms with van der Waals surface area (Å²) in [5.41, 5.74) is 6.90. The van der Waals surface area contributed by atoms with Gasteiger partial charge in [0.15, 0.2) is 11.6 Å². The van der Waals surface area contributed by atoms with Gasteiger partial charge in [0.1, 0.15) is 5.69 Å². The van der Waals surface area contributed by atoms with E-state index in [1.54, 1.807) is 31.2 Å². The molecule has 0 aliphatic carbocycles. The molecule has 0 aliphatic rings. The number of aromatic nitrogens is 3. The van der Waals surface area contributed by atoms with Gasteiger partial charge in [0.05, 0.1) is 0 Å². The van der Waals surface area contributed by atoms with Crippen LogP contribution in [0.4, 0.5) is 10.3 Å². The average molecular weight is 353 g/mol. The Morgan fingerprint density at radius 1 is 1.23 bits per heavy atom. The van der Waals surface area contributed by atoms with Crippen molar-refractivity contribution in [2.24, 2.45) is 0 Å². The Hall–Kier alpha value is -3.55. The summed E-state index contributed by atoms with van der Waals surface area (Å²) in [7, 11) is 0. The molecular formula is C18H16FN5O2. The lowest BCUT2D eigenvalue weighted by Gasteiger charge is -2.11. The summed E-state index contributed by atoms with van der Waals surface area (Å²) in [6, 6.07) is 11.0. The van der Waals surface area contributed by atoms with Crippen molar-refractivity contribution in [2.75, 3.05) is 5.73 Å². The summed E-state index contributed by atoms with van der Waals surface area (Å²) in [5, 5.41) is 2.71. The normalized spacial score (nSPS) is 10.4. The molecule has 7 nitrogen and oxygen atoms in total. The van der Waals surface area contributed by atoms with Crippen molar-refractivity contribution < 1.29 is 13.9 Å². The van der Waals surface area contributed by atoms with E-state index < -0.39 is 11.7 Å². The number of carbonyl (C=O) groups is 1. The molecule has 2 heterocycles. The first-order valence-electron chi connectivity index (χ1n) is 7.78. The number of amides is 1. The van der Waals surface area contributed by atoms with Gasteiger partial charge in [-0.15, -0.1) is 0 Å². The van der Waals surface area contributed by atoms with Gasteiger partial charge in [-0.1, -0.05) is 18.2 Å². The molecular weight excluding hydrogens is 337 g/mol. The molecule has 3 aromatic rings. The Morgan fingerprint density at radius 2 is 2.04 bits per heavy atom. The molecule has 26 heavy (non-hydrogen) atoms. The fraction of sp³-hybridized carbons (Fsp3) is 0.111. The summed E-state index contributed by atoms with van der Waals surface area (Å²) in [5.74, 6) is -0.627. The molecule has 2 aromatic heterocycles. The van der Waals surface area contributed by atoms with Crippen molar-refractivity contribution in [2.45, 2.75) is 13.5 Å². The molecule has 0 aliphatic heterocycles. The molecule has 1 amide bonds. The number of hydrogen-bond donors (Lipinski definition) is 2. The molecule has 3 N–H and O–H groups in total. The summed E-state index contributed by atoms with van der Waals surface area (Å²) < 4.78 is 19.3. The molecule has 0 atom stereocenters. The van der Waals surface area contributed by atoms with Crippen molar-refractivity contribution in [3.63, 3.8) is 0 Å². The van der Waals surface area contributed by atoms with E-state index >= 15 is 0 Å². The zero-order valence-electron chi connectivity index (χ0n) is 13.9. The first-order chi connectivity index (χ1) is 12.5. The molecule has 132 valence electrons. The van der Waals surface area contributed by atoms with Crippen LogP contribution in [0.2, 0.25) is 0 Å². The minimum Gasteiger partial charge on any atom is -0.436 e. The predicted molar refractivity (Wildman–Crippen MR) is 93.1 cm³/mol. The zero-order chi connectivity index (χ0) is 18.5. The number of nitrogens with two attached hydrogens (primary N) is 1. The summed E-state index contributed by atoms with van der Waals surface area (Å²) >= 11 is 0. The highest BCUT2D eigenvalue weighted by molar-refractivity contribution is 5.92. The van der Waals surface area contributed by atoms with Gasteiger partial charge in [-0.2, -0.15) is 0 Å². The summed E-state index contributed by atoms with van der Waals surface area (Å²) in [6.45, 7) is 1.84. The van der Waals surface area contributed by atoms with Gasteiger partial charge in [0.2, 0.25) is 11.8 Å². The number of nitrogen functional groups attached to an aromatic ring is 1. The number of para-hydroxylation sites is 1. The maximum absolute atomic E-state index is 13.8. The molecule has 8 heteroatoms. The van der Waals surface area contributed by atoms with Gasteiger partial charge in [-0.25, -0.2) is 19.3 Å². The van der Waals surface area contributed by atoms with E-state index in [2.05, 4.69) is 20.3 Å². The van der Waals surface area contributed by atoms with Gasteiger partial charge in [-0.3, -0.25) is 4.79 Å². The average Bonchev–Trinajstić information content (AvgIpc) is 2.62. The van der Waals surface area contributed by atoms with Crippen LogP contribution in [0.15, 0.2) is 48.7 Å². The highest BCUT2D eigenvalue weighted by Crippen LogP contribution is 2.25. The second kappa shape index (κ2) is 7.56. The van der Waals surface area contributed by atoms with Crippen molar-refractivity contribution in [3.8, 4) is 11.6 Å². The molecule has 0 radical (unpaired) electrons. The minimum atomic E-state index is -0.500. The third-order valence-electron chi connectivity index (χ3n) is 3.44. The third-order valence-corrected chi connectivity index (χ3v) is 3.44. The maximum Gasteiger partial charge on any atom is 0.270 e. The maximum atomic E-state index is 13.8. The van der Waals surface area contributed by atoms with Gasteiger partial charge in [-0.05, 0) is 31.2 Å². The number of halogens is 1. The number of nitrogens with one attached hydrogen (secondary N) is 1. The van der Waals surface area contributed by atoms with Crippen LogP contribution in [0.5, 0.6) is 11.6 Å². The Morgan fingerprint density at radius 3 is 2.81 bits per heavy atom. The van der Waals surface area contributed by atoms with E-state index in [1.807, 2.05) is 0 Å². The minimum absolute atomic E-state index is 0.0279. The van der Waals surface area contributed by atoms with Gasteiger partial charge in [0.25, 0.3) is 5.91 Å². The van der Waals surface area contributed by atoms with E-state index in [0.29, 0.717) is 11.3 Å². The lowest BCUT2D eigenvalue weighted by Crippen LogP contribution is -2.24. The predicted octanol–water partition coefficient (Wildman–Crippen LogP) is 2.62. The van der Waals surface area contributed by atoms with E-state index in [1.165, 1.54) is 24.4 Å². The Balaban J connectivity index is 1.74. The molecule has 0 saturated heterocycles. The van der Waals surface area contributed by atoms with E-state index in [-0.39, 0.29) is 29.8 Å². The highest BCUT2D eigenvalue weighted by Gasteiger charge is 2.13. The smallest absolute Gasteiger partial charge is 0.270 e. The molecule has 1 aromatic carbocycles. The van der Waals surface area contributed by atoms with Gasteiger partial charge < -0.3 is 15.8 Å². The number of hydrogen-bond acceptors (Lipinski definition) is 6. The number of anilines is 1. The van der Waals surface area contributed by atoms with Crippen LogP contribution in [0.25, 0.3) is 0 Å². The Labute approximate surface area is 149 Å².